The van der Waals surface area contributed by atoms with Gasteiger partial charge < -0.3 is 14.5 Å². The highest BCUT2D eigenvalue weighted by molar-refractivity contribution is 9.10. The molecular weight excluding hydrogens is 380 g/mol. The quantitative estimate of drug-likeness (QED) is 0.776. The molecule has 5 heteroatoms. The maximum absolute atomic E-state index is 12.9. The molecule has 0 N–H and O–H groups in total. The first-order valence-electron chi connectivity index (χ1n) is 8.45. The summed E-state index contributed by atoms with van der Waals surface area (Å²) >= 11 is 3.48. The van der Waals surface area contributed by atoms with E-state index in [9.17, 15) is 4.79 Å². The summed E-state index contributed by atoms with van der Waals surface area (Å²) < 4.78 is 6.05. The molecule has 2 aromatic carbocycles. The number of carbonyl (C=O) groups excluding carboxylic acids is 1. The number of aryl methyl sites for hydroxylation is 1. The van der Waals surface area contributed by atoms with E-state index in [1.54, 1.807) is 13.2 Å². The minimum atomic E-state index is 0.0476. The van der Waals surface area contributed by atoms with Crippen LogP contribution in [0.15, 0.2) is 40.9 Å². The first-order chi connectivity index (χ1) is 12.0. The largest absolute Gasteiger partial charge is 0.497 e. The van der Waals surface area contributed by atoms with Crippen molar-refractivity contribution in [2.24, 2.45) is 0 Å². The van der Waals surface area contributed by atoms with Gasteiger partial charge in [-0.1, -0.05) is 12.1 Å². The molecule has 1 saturated heterocycles. The molecule has 0 saturated carbocycles. The van der Waals surface area contributed by atoms with Gasteiger partial charge in [0.05, 0.1) is 12.7 Å². The second-order valence-corrected chi connectivity index (χ2v) is 7.20. The molecule has 0 bridgehead atoms. The fourth-order valence-corrected chi connectivity index (χ4v) is 3.61. The molecule has 1 aliphatic heterocycles. The van der Waals surface area contributed by atoms with Gasteiger partial charge >= 0.3 is 0 Å². The number of nitrogens with zero attached hydrogens (tertiary/aromatic N) is 2. The van der Waals surface area contributed by atoms with E-state index in [1.165, 1.54) is 16.8 Å². The molecular formula is C20H23BrN2O2. The van der Waals surface area contributed by atoms with E-state index in [0.717, 1.165) is 30.7 Å². The predicted octanol–water partition coefficient (Wildman–Crippen LogP) is 4.04. The van der Waals surface area contributed by atoms with Crippen LogP contribution in [0.2, 0.25) is 0 Å². The van der Waals surface area contributed by atoms with Crippen molar-refractivity contribution in [1.29, 1.82) is 0 Å². The second kappa shape index (κ2) is 7.48. The molecule has 132 valence electrons. The Hall–Kier alpha value is -2.01. The van der Waals surface area contributed by atoms with Gasteiger partial charge in [-0.05, 0) is 65.2 Å². The lowest BCUT2D eigenvalue weighted by Gasteiger charge is -2.37. The number of hydrogen-bond donors (Lipinski definition) is 0. The van der Waals surface area contributed by atoms with E-state index >= 15 is 0 Å². The van der Waals surface area contributed by atoms with Gasteiger partial charge in [0, 0.05) is 36.3 Å². The Morgan fingerprint density at radius 2 is 1.80 bits per heavy atom. The SMILES string of the molecule is COc1ccc(Br)c(C(=O)N2CCN(c3cccc(C)c3C)CC2)c1. The number of benzene rings is 2. The smallest absolute Gasteiger partial charge is 0.255 e. The fraction of sp³-hybridized carbons (Fsp3) is 0.350. The average molecular weight is 403 g/mol. The predicted molar refractivity (Wildman–Crippen MR) is 105 cm³/mol. The number of ether oxygens (including phenoxy) is 1. The molecule has 1 heterocycles. The van der Waals surface area contributed by atoms with Crippen LogP contribution in [0.5, 0.6) is 5.75 Å². The first kappa shape index (κ1) is 17.8. The van der Waals surface area contributed by atoms with Crippen molar-refractivity contribution in [3.63, 3.8) is 0 Å². The molecule has 1 fully saturated rings. The molecule has 3 rings (SSSR count). The number of rotatable bonds is 3. The summed E-state index contributed by atoms with van der Waals surface area (Å²) in [6, 6.07) is 11.9. The van der Waals surface area contributed by atoms with Crippen LogP contribution in [0.3, 0.4) is 0 Å². The molecule has 2 aromatic rings. The van der Waals surface area contributed by atoms with Gasteiger partial charge in [-0.25, -0.2) is 0 Å². The van der Waals surface area contributed by atoms with Gasteiger partial charge in [0.2, 0.25) is 0 Å². The summed E-state index contributed by atoms with van der Waals surface area (Å²) in [4.78, 5) is 17.2. The van der Waals surface area contributed by atoms with Gasteiger partial charge in [-0.2, -0.15) is 0 Å². The summed E-state index contributed by atoms with van der Waals surface area (Å²) in [5.41, 5.74) is 4.54. The number of amides is 1. The van der Waals surface area contributed by atoms with Crippen molar-refractivity contribution < 1.29 is 9.53 Å². The van der Waals surface area contributed by atoms with Gasteiger partial charge in [0.15, 0.2) is 0 Å². The summed E-state index contributed by atoms with van der Waals surface area (Å²) in [5.74, 6) is 0.743. The first-order valence-corrected chi connectivity index (χ1v) is 9.24. The van der Waals surface area contributed by atoms with E-state index in [-0.39, 0.29) is 5.91 Å². The Balaban J connectivity index is 1.72. The third-order valence-corrected chi connectivity index (χ3v) is 5.58. The standard InChI is InChI=1S/C20H23BrN2O2/c1-14-5-4-6-19(15(14)2)22-9-11-23(12-10-22)20(24)17-13-16(25-3)7-8-18(17)21/h4-8,13H,9-12H2,1-3H3. The lowest BCUT2D eigenvalue weighted by Crippen LogP contribution is -2.49. The summed E-state index contributed by atoms with van der Waals surface area (Å²) in [5, 5.41) is 0. The van der Waals surface area contributed by atoms with Crippen LogP contribution in [0, 0.1) is 13.8 Å². The third kappa shape index (κ3) is 3.66. The number of anilines is 1. The molecule has 0 spiro atoms. The number of hydrogen-bond acceptors (Lipinski definition) is 3. The highest BCUT2D eigenvalue weighted by atomic mass is 79.9. The van der Waals surface area contributed by atoms with Crippen molar-refractivity contribution in [3.05, 3.63) is 57.6 Å². The van der Waals surface area contributed by atoms with Crippen LogP contribution in [0.1, 0.15) is 21.5 Å². The van der Waals surface area contributed by atoms with E-state index in [2.05, 4.69) is 52.9 Å². The Labute approximate surface area is 157 Å². The molecule has 25 heavy (non-hydrogen) atoms. The van der Waals surface area contributed by atoms with Crippen molar-refractivity contribution >= 4 is 27.5 Å². The molecule has 1 aliphatic rings. The van der Waals surface area contributed by atoms with E-state index in [1.807, 2.05) is 17.0 Å². The normalized spacial score (nSPS) is 14.6. The summed E-state index contributed by atoms with van der Waals surface area (Å²) in [6.45, 7) is 7.43. The van der Waals surface area contributed by atoms with Crippen molar-refractivity contribution in [2.45, 2.75) is 13.8 Å². The van der Waals surface area contributed by atoms with Crippen LogP contribution in [-0.2, 0) is 0 Å². The minimum Gasteiger partial charge on any atom is -0.497 e. The summed E-state index contributed by atoms with van der Waals surface area (Å²) in [6.07, 6.45) is 0. The highest BCUT2D eigenvalue weighted by Gasteiger charge is 2.24. The van der Waals surface area contributed by atoms with Crippen molar-refractivity contribution in [3.8, 4) is 5.75 Å². The van der Waals surface area contributed by atoms with Gasteiger partial charge in [0.25, 0.3) is 5.91 Å². The molecule has 0 atom stereocenters. The van der Waals surface area contributed by atoms with Crippen LogP contribution in [-0.4, -0.2) is 44.1 Å². The highest BCUT2D eigenvalue weighted by Crippen LogP contribution is 2.26. The Morgan fingerprint density at radius 1 is 1.08 bits per heavy atom. The zero-order valence-corrected chi connectivity index (χ0v) is 16.5. The van der Waals surface area contributed by atoms with Crippen LogP contribution >= 0.6 is 15.9 Å². The Bertz CT molecular complexity index is 783. The van der Waals surface area contributed by atoms with E-state index in [0.29, 0.717) is 11.3 Å². The van der Waals surface area contributed by atoms with Gasteiger partial charge in [-0.3, -0.25) is 4.79 Å². The lowest BCUT2D eigenvalue weighted by atomic mass is 10.1. The summed E-state index contributed by atoms with van der Waals surface area (Å²) in [7, 11) is 1.61. The Kier molecular flexibility index (Phi) is 5.33. The minimum absolute atomic E-state index is 0.0476. The van der Waals surface area contributed by atoms with Crippen molar-refractivity contribution in [1.82, 2.24) is 4.90 Å². The maximum atomic E-state index is 12.9. The molecule has 4 nitrogen and oxygen atoms in total. The number of piperazine rings is 1. The van der Waals surface area contributed by atoms with Gasteiger partial charge in [-0.15, -0.1) is 0 Å². The zero-order valence-electron chi connectivity index (χ0n) is 14.9. The zero-order chi connectivity index (χ0) is 18.0. The number of carbonyl (C=O) groups is 1. The average Bonchev–Trinajstić information content (AvgIpc) is 2.64. The van der Waals surface area contributed by atoms with Crippen LogP contribution < -0.4 is 9.64 Å². The monoisotopic (exact) mass is 402 g/mol. The molecule has 0 unspecified atom stereocenters. The fourth-order valence-electron chi connectivity index (χ4n) is 3.19. The molecule has 0 radical (unpaired) electrons. The lowest BCUT2D eigenvalue weighted by molar-refractivity contribution is 0.0745. The number of methoxy groups -OCH3 is 1. The molecule has 0 aromatic heterocycles. The third-order valence-electron chi connectivity index (χ3n) is 4.89. The van der Waals surface area contributed by atoms with Crippen molar-refractivity contribution in [2.75, 3.05) is 38.2 Å². The Morgan fingerprint density at radius 3 is 2.48 bits per heavy atom. The number of halogens is 1. The van der Waals surface area contributed by atoms with E-state index < -0.39 is 0 Å². The molecule has 1 amide bonds. The van der Waals surface area contributed by atoms with Crippen LogP contribution in [0.25, 0.3) is 0 Å². The van der Waals surface area contributed by atoms with Gasteiger partial charge in [0.1, 0.15) is 5.75 Å². The second-order valence-electron chi connectivity index (χ2n) is 6.34. The van der Waals surface area contributed by atoms with Crippen LogP contribution in [0.4, 0.5) is 5.69 Å². The maximum Gasteiger partial charge on any atom is 0.255 e. The molecule has 0 aliphatic carbocycles. The topological polar surface area (TPSA) is 32.8 Å². The van der Waals surface area contributed by atoms with E-state index in [4.69, 9.17) is 4.74 Å².